The number of hydrogen-bond donors (Lipinski definition) is 1. The lowest BCUT2D eigenvalue weighted by Crippen LogP contribution is -2.52. The molecule has 3 rings (SSSR count). The highest BCUT2D eigenvalue weighted by Crippen LogP contribution is 2.32. The number of amides is 2. The SMILES string of the molecule is CCCCNC(=O)[C@H](CC)N(Cc1cccc(C)c1)C(=O)CN(c1ccc(Cl)cc1)S(=O)(=O)c1ccc(OC)c(OC)c1. The van der Waals surface area contributed by atoms with Crippen LogP contribution in [0.2, 0.25) is 5.02 Å². The molecule has 1 N–H and O–H groups in total. The van der Waals surface area contributed by atoms with E-state index in [-0.39, 0.29) is 28.8 Å². The second-order valence-electron chi connectivity index (χ2n) is 10.1. The third-order valence-corrected chi connectivity index (χ3v) is 9.01. The van der Waals surface area contributed by atoms with Gasteiger partial charge < -0.3 is 19.7 Å². The number of nitrogens with one attached hydrogen (secondary N) is 1. The molecule has 0 heterocycles. The number of anilines is 1. The van der Waals surface area contributed by atoms with Crippen LogP contribution in [-0.2, 0) is 26.2 Å². The Labute approximate surface area is 259 Å². The van der Waals surface area contributed by atoms with Gasteiger partial charge in [-0.2, -0.15) is 0 Å². The third-order valence-electron chi connectivity index (χ3n) is 6.99. The van der Waals surface area contributed by atoms with Crippen LogP contribution in [0.25, 0.3) is 0 Å². The van der Waals surface area contributed by atoms with E-state index in [1.807, 2.05) is 45.0 Å². The maximum atomic E-state index is 14.2. The fourth-order valence-corrected chi connectivity index (χ4v) is 6.23. The molecule has 0 aliphatic heterocycles. The van der Waals surface area contributed by atoms with Gasteiger partial charge in [0.05, 0.1) is 24.8 Å². The fourth-order valence-electron chi connectivity index (χ4n) is 4.67. The van der Waals surface area contributed by atoms with Crippen LogP contribution >= 0.6 is 11.6 Å². The summed E-state index contributed by atoms with van der Waals surface area (Å²) < 4.78 is 39.9. The maximum Gasteiger partial charge on any atom is 0.264 e. The van der Waals surface area contributed by atoms with E-state index in [0.29, 0.717) is 23.7 Å². The topological polar surface area (TPSA) is 105 Å². The Kier molecular flexibility index (Phi) is 12.3. The molecule has 0 aromatic heterocycles. The second-order valence-corrected chi connectivity index (χ2v) is 12.4. The Morgan fingerprint density at radius 1 is 0.953 bits per heavy atom. The molecule has 0 unspecified atom stereocenters. The van der Waals surface area contributed by atoms with E-state index in [1.165, 1.54) is 49.5 Å². The van der Waals surface area contributed by atoms with Gasteiger partial charge in [-0.25, -0.2) is 8.42 Å². The van der Waals surface area contributed by atoms with E-state index in [0.717, 1.165) is 28.3 Å². The number of carbonyl (C=O) groups excluding carboxylic acids is 2. The molecular formula is C32H40ClN3O6S. The summed E-state index contributed by atoms with van der Waals surface area (Å²) in [6.45, 7) is 5.87. The van der Waals surface area contributed by atoms with Crippen molar-refractivity contribution in [1.29, 1.82) is 0 Å². The highest BCUT2D eigenvalue weighted by Gasteiger charge is 2.34. The van der Waals surface area contributed by atoms with Gasteiger partial charge in [0.2, 0.25) is 11.8 Å². The lowest BCUT2D eigenvalue weighted by molar-refractivity contribution is -0.140. The number of nitrogens with zero attached hydrogens (tertiary/aromatic N) is 2. The van der Waals surface area contributed by atoms with Gasteiger partial charge in [-0.1, -0.05) is 61.7 Å². The highest BCUT2D eigenvalue weighted by atomic mass is 35.5. The molecule has 2 amide bonds. The zero-order valence-electron chi connectivity index (χ0n) is 25.3. The Morgan fingerprint density at radius 2 is 1.65 bits per heavy atom. The number of benzene rings is 3. The number of ether oxygens (including phenoxy) is 2. The third kappa shape index (κ3) is 8.64. The first-order valence-electron chi connectivity index (χ1n) is 14.2. The first kappa shape index (κ1) is 33.7. The van der Waals surface area contributed by atoms with E-state index < -0.39 is 28.5 Å². The van der Waals surface area contributed by atoms with Crippen molar-refractivity contribution < 1.29 is 27.5 Å². The van der Waals surface area contributed by atoms with Crippen LogP contribution < -0.4 is 19.1 Å². The van der Waals surface area contributed by atoms with Crippen molar-refractivity contribution in [3.05, 3.63) is 82.9 Å². The average Bonchev–Trinajstić information content (AvgIpc) is 2.99. The number of methoxy groups -OCH3 is 2. The molecule has 3 aromatic rings. The first-order valence-corrected chi connectivity index (χ1v) is 16.0. The summed E-state index contributed by atoms with van der Waals surface area (Å²) >= 11 is 6.11. The monoisotopic (exact) mass is 629 g/mol. The Bertz CT molecular complexity index is 1500. The number of halogens is 1. The summed E-state index contributed by atoms with van der Waals surface area (Å²) in [6, 6.07) is 17.3. The molecule has 0 spiro atoms. The van der Waals surface area contributed by atoms with Crippen LogP contribution in [0.15, 0.2) is 71.6 Å². The minimum atomic E-state index is -4.30. The molecule has 0 saturated carbocycles. The second kappa shape index (κ2) is 15.6. The molecule has 43 heavy (non-hydrogen) atoms. The predicted octanol–water partition coefficient (Wildman–Crippen LogP) is 5.58. The molecule has 0 radical (unpaired) electrons. The van der Waals surface area contributed by atoms with Crippen molar-refractivity contribution in [1.82, 2.24) is 10.2 Å². The Hall–Kier alpha value is -3.76. The van der Waals surface area contributed by atoms with Crippen molar-refractivity contribution in [2.24, 2.45) is 0 Å². The number of carbonyl (C=O) groups is 2. The summed E-state index contributed by atoms with van der Waals surface area (Å²) in [5.74, 6) is -0.225. The lowest BCUT2D eigenvalue weighted by atomic mass is 10.1. The van der Waals surface area contributed by atoms with Gasteiger partial charge in [0.1, 0.15) is 12.6 Å². The summed E-state index contributed by atoms with van der Waals surface area (Å²) in [4.78, 5) is 28.9. The van der Waals surface area contributed by atoms with E-state index in [9.17, 15) is 18.0 Å². The normalized spacial score (nSPS) is 11.9. The molecule has 232 valence electrons. The summed E-state index contributed by atoms with van der Waals surface area (Å²) in [5, 5.41) is 3.34. The molecule has 0 aliphatic rings. The molecule has 11 heteroatoms. The standard InChI is InChI=1S/C32H40ClN3O6S/c1-6-8-18-34-32(38)28(7-2)35(21-24-11-9-10-23(3)19-24)31(37)22-36(26-14-12-25(33)13-15-26)43(39,40)27-16-17-29(41-4)30(20-27)42-5/h9-17,19-20,28H,6-8,18,21-22H2,1-5H3,(H,34,38)/t28-/m0/s1. The fraction of sp³-hybridized carbons (Fsp3) is 0.375. The van der Waals surface area contributed by atoms with Gasteiger partial charge in [-0.15, -0.1) is 0 Å². The molecule has 1 atom stereocenters. The van der Waals surface area contributed by atoms with Crippen LogP contribution in [0.4, 0.5) is 5.69 Å². The molecule has 0 fully saturated rings. The molecule has 0 saturated heterocycles. The van der Waals surface area contributed by atoms with Gasteiger partial charge in [0.15, 0.2) is 11.5 Å². The van der Waals surface area contributed by atoms with Crippen molar-refractivity contribution >= 4 is 39.1 Å². The van der Waals surface area contributed by atoms with Gasteiger partial charge in [-0.05, 0) is 61.7 Å². The molecular weight excluding hydrogens is 590 g/mol. The molecule has 0 aliphatic carbocycles. The predicted molar refractivity (Wildman–Crippen MR) is 169 cm³/mol. The zero-order valence-corrected chi connectivity index (χ0v) is 26.9. The minimum absolute atomic E-state index is 0.0949. The van der Waals surface area contributed by atoms with Crippen LogP contribution in [0.5, 0.6) is 11.5 Å². The number of unbranched alkanes of at least 4 members (excludes halogenated alkanes) is 1. The molecule has 0 bridgehead atoms. The van der Waals surface area contributed by atoms with E-state index in [1.54, 1.807) is 12.1 Å². The van der Waals surface area contributed by atoms with Gasteiger partial charge in [-0.3, -0.25) is 13.9 Å². The van der Waals surface area contributed by atoms with Crippen LogP contribution in [0, 0.1) is 6.92 Å². The lowest BCUT2D eigenvalue weighted by Gasteiger charge is -2.33. The number of sulfonamides is 1. The first-order chi connectivity index (χ1) is 20.5. The quantitative estimate of drug-likeness (QED) is 0.220. The minimum Gasteiger partial charge on any atom is -0.493 e. The Morgan fingerprint density at radius 3 is 2.26 bits per heavy atom. The van der Waals surface area contributed by atoms with E-state index in [4.69, 9.17) is 21.1 Å². The van der Waals surface area contributed by atoms with Crippen molar-refractivity contribution in [2.45, 2.75) is 57.5 Å². The van der Waals surface area contributed by atoms with Crippen molar-refractivity contribution in [2.75, 3.05) is 31.6 Å². The molecule has 3 aromatic carbocycles. The van der Waals surface area contributed by atoms with Gasteiger partial charge in [0, 0.05) is 24.2 Å². The molecule has 9 nitrogen and oxygen atoms in total. The zero-order chi connectivity index (χ0) is 31.6. The van der Waals surface area contributed by atoms with Gasteiger partial charge in [0.25, 0.3) is 10.0 Å². The maximum absolute atomic E-state index is 14.2. The number of hydrogen-bond acceptors (Lipinski definition) is 6. The number of rotatable bonds is 15. The average molecular weight is 630 g/mol. The summed E-state index contributed by atoms with van der Waals surface area (Å²) in [5.41, 5.74) is 2.07. The largest absolute Gasteiger partial charge is 0.493 e. The highest BCUT2D eigenvalue weighted by molar-refractivity contribution is 7.92. The van der Waals surface area contributed by atoms with Crippen LogP contribution in [0.3, 0.4) is 0 Å². The van der Waals surface area contributed by atoms with Crippen molar-refractivity contribution in [3.8, 4) is 11.5 Å². The Balaban J connectivity index is 2.07. The summed E-state index contributed by atoms with van der Waals surface area (Å²) in [6.07, 6.45) is 2.06. The van der Waals surface area contributed by atoms with Crippen LogP contribution in [-0.4, -0.2) is 58.5 Å². The van der Waals surface area contributed by atoms with Crippen molar-refractivity contribution in [3.63, 3.8) is 0 Å². The summed E-state index contributed by atoms with van der Waals surface area (Å²) in [7, 11) is -1.43. The number of aryl methyl sites for hydroxylation is 1. The van der Waals surface area contributed by atoms with E-state index in [2.05, 4.69) is 5.32 Å². The smallest absolute Gasteiger partial charge is 0.264 e. The van der Waals surface area contributed by atoms with Gasteiger partial charge >= 0.3 is 0 Å². The van der Waals surface area contributed by atoms with E-state index >= 15 is 0 Å². The van der Waals surface area contributed by atoms with Crippen LogP contribution in [0.1, 0.15) is 44.2 Å².